The highest BCUT2D eigenvalue weighted by Crippen LogP contribution is 2.16. The second-order valence-corrected chi connectivity index (χ2v) is 6.00. The Balaban J connectivity index is 2.96. The van der Waals surface area contributed by atoms with E-state index in [2.05, 4.69) is 9.80 Å². The number of aromatic carboxylic acids is 1. The third kappa shape index (κ3) is 7.47. The molecular weight excluding hydrogens is 320 g/mol. The number of benzene rings is 1. The fraction of sp³-hybridized carbons (Fsp3) is 0.588. The second kappa shape index (κ2) is 11.9. The summed E-state index contributed by atoms with van der Waals surface area (Å²) in [5.74, 6) is -0.929. The van der Waals surface area contributed by atoms with Crippen molar-refractivity contribution in [3.8, 4) is 0 Å². The van der Waals surface area contributed by atoms with Crippen molar-refractivity contribution in [1.29, 1.82) is 0 Å². The number of hydrogen-bond acceptors (Lipinski definition) is 7. The van der Waals surface area contributed by atoms with Gasteiger partial charge < -0.3 is 28.0 Å². The predicted molar refractivity (Wildman–Crippen MR) is 100 cm³/mol. The zero-order chi connectivity index (χ0) is 18.7. The van der Waals surface area contributed by atoms with Crippen LogP contribution in [0.5, 0.6) is 0 Å². The summed E-state index contributed by atoms with van der Waals surface area (Å²) in [6.07, 6.45) is 0. The Bertz CT molecular complexity index is 514. The molecule has 0 atom stereocenters. The van der Waals surface area contributed by atoms with Crippen molar-refractivity contribution < 1.29 is 9.90 Å². The van der Waals surface area contributed by atoms with Gasteiger partial charge in [0, 0.05) is 65.4 Å². The molecule has 0 radical (unpaired) electrons. The van der Waals surface area contributed by atoms with Crippen LogP contribution in [0.2, 0.25) is 0 Å². The van der Waals surface area contributed by atoms with Crippen molar-refractivity contribution in [1.82, 2.24) is 9.80 Å². The lowest BCUT2D eigenvalue weighted by molar-refractivity contribution is 0.0694. The van der Waals surface area contributed by atoms with E-state index in [0.717, 1.165) is 24.2 Å². The van der Waals surface area contributed by atoms with E-state index in [4.69, 9.17) is 22.9 Å². The second-order valence-electron chi connectivity index (χ2n) is 6.00. The first-order valence-corrected chi connectivity index (χ1v) is 8.65. The van der Waals surface area contributed by atoms with E-state index in [1.807, 2.05) is 12.1 Å². The van der Waals surface area contributed by atoms with Crippen LogP contribution >= 0.6 is 0 Å². The van der Waals surface area contributed by atoms with E-state index in [-0.39, 0.29) is 0 Å². The molecule has 8 heteroatoms. The smallest absolute Gasteiger partial charge is 0.336 e. The van der Waals surface area contributed by atoms with Crippen molar-refractivity contribution in [2.45, 2.75) is 13.1 Å². The molecule has 0 heterocycles. The third-order valence-electron chi connectivity index (χ3n) is 3.99. The zero-order valence-electron chi connectivity index (χ0n) is 14.9. The van der Waals surface area contributed by atoms with E-state index in [9.17, 15) is 9.90 Å². The number of carboxylic acids is 1. The molecular formula is C17H32N6O2. The van der Waals surface area contributed by atoms with Gasteiger partial charge in [-0.2, -0.15) is 0 Å². The molecule has 142 valence electrons. The largest absolute Gasteiger partial charge is 0.478 e. The lowest BCUT2D eigenvalue weighted by Gasteiger charge is -2.23. The Morgan fingerprint density at radius 2 is 1.32 bits per heavy atom. The minimum Gasteiger partial charge on any atom is -0.478 e. The summed E-state index contributed by atoms with van der Waals surface area (Å²) in [6, 6.07) is 5.58. The average molecular weight is 352 g/mol. The molecule has 0 aliphatic carbocycles. The zero-order valence-corrected chi connectivity index (χ0v) is 14.9. The van der Waals surface area contributed by atoms with Crippen molar-refractivity contribution in [3.63, 3.8) is 0 Å². The topological polar surface area (TPSA) is 148 Å². The molecule has 1 aromatic rings. The van der Waals surface area contributed by atoms with Gasteiger partial charge in [-0.25, -0.2) is 4.79 Å². The van der Waals surface area contributed by atoms with Crippen molar-refractivity contribution in [3.05, 3.63) is 34.9 Å². The Labute approximate surface area is 149 Å². The third-order valence-corrected chi connectivity index (χ3v) is 3.99. The molecule has 1 aromatic carbocycles. The molecule has 9 N–H and O–H groups in total. The normalized spacial score (nSPS) is 11.4. The van der Waals surface area contributed by atoms with Gasteiger partial charge in [-0.1, -0.05) is 12.1 Å². The Morgan fingerprint density at radius 3 is 1.76 bits per heavy atom. The summed E-state index contributed by atoms with van der Waals surface area (Å²) in [4.78, 5) is 15.9. The molecule has 8 nitrogen and oxygen atoms in total. The van der Waals surface area contributed by atoms with Gasteiger partial charge in [-0.05, 0) is 17.2 Å². The van der Waals surface area contributed by atoms with Crippen molar-refractivity contribution in [2.24, 2.45) is 22.9 Å². The van der Waals surface area contributed by atoms with E-state index in [0.29, 0.717) is 57.9 Å². The number of carbonyl (C=O) groups is 1. The van der Waals surface area contributed by atoms with Gasteiger partial charge in [0.2, 0.25) is 0 Å². The standard InChI is InChI=1S/C17H32N6O2/c18-3-7-22(8-4-19)12-14-1-2-15(16(11-14)17(24)25)13-23(9-5-20)10-6-21/h1-2,11H,3-10,12-13,18-21H2,(H,24,25). The molecule has 0 fully saturated rings. The van der Waals surface area contributed by atoms with Gasteiger partial charge in [0.25, 0.3) is 0 Å². The van der Waals surface area contributed by atoms with Crippen molar-refractivity contribution in [2.75, 3.05) is 52.4 Å². The maximum atomic E-state index is 11.7. The van der Waals surface area contributed by atoms with Crippen LogP contribution in [0.3, 0.4) is 0 Å². The molecule has 0 amide bonds. The van der Waals surface area contributed by atoms with Crippen LogP contribution < -0.4 is 22.9 Å². The lowest BCUT2D eigenvalue weighted by Crippen LogP contribution is -2.34. The molecule has 0 bridgehead atoms. The van der Waals surface area contributed by atoms with Gasteiger partial charge in [-0.3, -0.25) is 9.80 Å². The quantitative estimate of drug-likeness (QED) is 0.298. The first kappa shape index (κ1) is 21.5. The molecule has 0 aromatic heterocycles. The van der Waals surface area contributed by atoms with Gasteiger partial charge in [0.15, 0.2) is 0 Å². The highest BCUT2D eigenvalue weighted by molar-refractivity contribution is 5.89. The number of nitrogens with zero attached hydrogens (tertiary/aromatic N) is 2. The maximum absolute atomic E-state index is 11.7. The van der Waals surface area contributed by atoms with Crippen LogP contribution in [0.25, 0.3) is 0 Å². The molecule has 0 aliphatic rings. The molecule has 1 rings (SSSR count). The van der Waals surface area contributed by atoms with Gasteiger partial charge >= 0.3 is 5.97 Å². The Morgan fingerprint density at radius 1 is 0.840 bits per heavy atom. The van der Waals surface area contributed by atoms with Crippen LogP contribution in [-0.4, -0.2) is 73.2 Å². The minimum absolute atomic E-state index is 0.317. The van der Waals surface area contributed by atoms with E-state index < -0.39 is 5.97 Å². The fourth-order valence-electron chi connectivity index (χ4n) is 2.83. The first-order chi connectivity index (χ1) is 12.0. The monoisotopic (exact) mass is 352 g/mol. The average Bonchev–Trinajstić information content (AvgIpc) is 2.57. The highest BCUT2D eigenvalue weighted by atomic mass is 16.4. The molecule has 0 unspecified atom stereocenters. The minimum atomic E-state index is -0.929. The van der Waals surface area contributed by atoms with Crippen LogP contribution in [0.1, 0.15) is 21.5 Å². The number of rotatable bonds is 13. The summed E-state index contributed by atoms with van der Waals surface area (Å²) in [5, 5.41) is 9.58. The van der Waals surface area contributed by atoms with E-state index in [1.165, 1.54) is 0 Å². The molecule has 0 aliphatic heterocycles. The number of hydrogen-bond donors (Lipinski definition) is 5. The van der Waals surface area contributed by atoms with Crippen LogP contribution in [-0.2, 0) is 13.1 Å². The Hall–Kier alpha value is -1.55. The summed E-state index contributed by atoms with van der Waals surface area (Å²) >= 11 is 0. The van der Waals surface area contributed by atoms with E-state index >= 15 is 0 Å². The van der Waals surface area contributed by atoms with Gasteiger partial charge in [0.1, 0.15) is 0 Å². The summed E-state index contributed by atoms with van der Waals surface area (Å²) in [5.41, 5.74) is 24.5. The molecule has 0 saturated carbocycles. The van der Waals surface area contributed by atoms with Crippen LogP contribution in [0.15, 0.2) is 18.2 Å². The summed E-state index contributed by atoms with van der Waals surface area (Å²) in [6.45, 7) is 6.05. The summed E-state index contributed by atoms with van der Waals surface area (Å²) < 4.78 is 0. The predicted octanol–water partition coefficient (Wildman–Crippen LogP) is -1.18. The Kier molecular flexibility index (Phi) is 10.2. The lowest BCUT2D eigenvalue weighted by atomic mass is 10.0. The molecule has 0 spiro atoms. The van der Waals surface area contributed by atoms with Crippen molar-refractivity contribution >= 4 is 5.97 Å². The van der Waals surface area contributed by atoms with E-state index in [1.54, 1.807) is 6.07 Å². The maximum Gasteiger partial charge on any atom is 0.336 e. The van der Waals surface area contributed by atoms with Gasteiger partial charge in [0.05, 0.1) is 5.56 Å². The molecule has 25 heavy (non-hydrogen) atoms. The molecule has 0 saturated heterocycles. The van der Waals surface area contributed by atoms with Crippen LogP contribution in [0, 0.1) is 0 Å². The summed E-state index contributed by atoms with van der Waals surface area (Å²) in [7, 11) is 0. The number of carboxylic acid groups (broad SMARTS) is 1. The fourth-order valence-corrected chi connectivity index (χ4v) is 2.83. The number of nitrogens with two attached hydrogens (primary N) is 4. The first-order valence-electron chi connectivity index (χ1n) is 8.65. The van der Waals surface area contributed by atoms with Gasteiger partial charge in [-0.15, -0.1) is 0 Å². The highest BCUT2D eigenvalue weighted by Gasteiger charge is 2.15. The van der Waals surface area contributed by atoms with Crippen LogP contribution in [0.4, 0.5) is 0 Å². The SMILES string of the molecule is NCCN(CCN)Cc1ccc(CN(CCN)CCN)c(C(=O)O)c1.